The molecule has 0 aliphatic heterocycles. The Balaban J connectivity index is 1.93. The Hall–Kier alpha value is -2.96. The number of benzene rings is 1. The smallest absolute Gasteiger partial charge is 0.212 e. The molecule has 0 saturated heterocycles. The Labute approximate surface area is 173 Å². The number of hydrogen-bond acceptors (Lipinski definition) is 5. The Morgan fingerprint density at radius 2 is 1.72 bits per heavy atom. The van der Waals surface area contributed by atoms with Crippen molar-refractivity contribution in [3.05, 3.63) is 47.7 Å². The van der Waals surface area contributed by atoms with Crippen LogP contribution in [-0.2, 0) is 13.0 Å². The minimum Gasteiger partial charge on any atom is -0.490 e. The fourth-order valence-corrected chi connectivity index (χ4v) is 2.71. The summed E-state index contributed by atoms with van der Waals surface area (Å²) in [4.78, 5) is 8.84. The zero-order chi connectivity index (χ0) is 20.9. The highest BCUT2D eigenvalue weighted by Gasteiger charge is 2.06. The molecule has 1 aromatic heterocycles. The molecule has 2 N–H and O–H groups in total. The molecular formula is C22H32N4O3. The summed E-state index contributed by atoms with van der Waals surface area (Å²) in [5, 5.41) is 6.64. The molecule has 0 aliphatic rings. The molecule has 0 atom stereocenters. The van der Waals surface area contributed by atoms with Crippen LogP contribution in [0.3, 0.4) is 0 Å². The maximum atomic E-state index is 5.70. The van der Waals surface area contributed by atoms with Gasteiger partial charge in [-0.05, 0) is 50.5 Å². The summed E-state index contributed by atoms with van der Waals surface area (Å²) >= 11 is 0. The molecule has 1 aromatic carbocycles. The van der Waals surface area contributed by atoms with Gasteiger partial charge >= 0.3 is 0 Å². The second kappa shape index (κ2) is 12.5. The first kappa shape index (κ1) is 22.3. The maximum Gasteiger partial charge on any atom is 0.212 e. The monoisotopic (exact) mass is 400 g/mol. The van der Waals surface area contributed by atoms with Gasteiger partial charge in [0.05, 0.1) is 26.9 Å². The number of ether oxygens (including phenoxy) is 3. The number of rotatable bonds is 11. The van der Waals surface area contributed by atoms with Gasteiger partial charge in [-0.25, -0.2) is 9.98 Å². The molecule has 0 saturated carbocycles. The lowest BCUT2D eigenvalue weighted by Crippen LogP contribution is -2.38. The maximum absolute atomic E-state index is 5.70. The molecule has 0 spiro atoms. The van der Waals surface area contributed by atoms with Crippen molar-refractivity contribution in [3.63, 3.8) is 0 Å². The zero-order valence-electron chi connectivity index (χ0n) is 17.8. The van der Waals surface area contributed by atoms with E-state index in [1.54, 1.807) is 13.3 Å². The van der Waals surface area contributed by atoms with Crippen LogP contribution in [0.4, 0.5) is 0 Å². The third kappa shape index (κ3) is 7.52. The lowest BCUT2D eigenvalue weighted by Gasteiger charge is -2.14. The van der Waals surface area contributed by atoms with Crippen LogP contribution < -0.4 is 24.8 Å². The first-order valence-electron chi connectivity index (χ1n) is 10.1. The van der Waals surface area contributed by atoms with Gasteiger partial charge in [0.1, 0.15) is 0 Å². The third-order valence-electron chi connectivity index (χ3n) is 4.08. The summed E-state index contributed by atoms with van der Waals surface area (Å²) in [5.74, 6) is 2.96. The van der Waals surface area contributed by atoms with E-state index < -0.39 is 0 Å². The SMILES string of the molecule is CCNC(=NCc1ccc(OC)nc1)NCCc1ccc(OCC)c(OCC)c1. The summed E-state index contributed by atoms with van der Waals surface area (Å²) in [5.41, 5.74) is 2.20. The number of guanidine groups is 1. The van der Waals surface area contributed by atoms with Gasteiger partial charge in [0.25, 0.3) is 0 Å². The van der Waals surface area contributed by atoms with Crippen molar-refractivity contribution < 1.29 is 14.2 Å². The number of nitrogens with zero attached hydrogens (tertiary/aromatic N) is 2. The number of nitrogens with one attached hydrogen (secondary N) is 2. The average molecular weight is 401 g/mol. The minimum absolute atomic E-state index is 0.546. The molecule has 0 unspecified atom stereocenters. The lowest BCUT2D eigenvalue weighted by molar-refractivity contribution is 0.287. The van der Waals surface area contributed by atoms with Crippen molar-refractivity contribution in [3.8, 4) is 17.4 Å². The molecular weight excluding hydrogens is 368 g/mol. The van der Waals surface area contributed by atoms with Crippen LogP contribution in [0.1, 0.15) is 31.9 Å². The molecule has 0 aliphatic carbocycles. The number of pyridine rings is 1. The Bertz CT molecular complexity index is 763. The van der Waals surface area contributed by atoms with E-state index in [9.17, 15) is 0 Å². The van der Waals surface area contributed by atoms with Crippen molar-refractivity contribution >= 4 is 5.96 Å². The van der Waals surface area contributed by atoms with Gasteiger partial charge < -0.3 is 24.8 Å². The fraction of sp³-hybridized carbons (Fsp3) is 0.455. The summed E-state index contributed by atoms with van der Waals surface area (Å²) in [6, 6.07) is 9.90. The van der Waals surface area contributed by atoms with E-state index in [0.29, 0.717) is 25.6 Å². The van der Waals surface area contributed by atoms with Crippen LogP contribution in [0.15, 0.2) is 41.5 Å². The molecule has 0 radical (unpaired) electrons. The van der Waals surface area contributed by atoms with Gasteiger partial charge in [0.15, 0.2) is 17.5 Å². The topological polar surface area (TPSA) is 77.0 Å². The number of hydrogen-bond donors (Lipinski definition) is 2. The summed E-state index contributed by atoms with van der Waals surface area (Å²) in [6.45, 7) is 9.32. The van der Waals surface area contributed by atoms with Gasteiger partial charge in [-0.2, -0.15) is 0 Å². The van der Waals surface area contributed by atoms with Crippen LogP contribution in [0.2, 0.25) is 0 Å². The molecule has 0 fully saturated rings. The first-order chi connectivity index (χ1) is 14.2. The summed E-state index contributed by atoms with van der Waals surface area (Å²) in [6.07, 6.45) is 2.63. The molecule has 1 heterocycles. The van der Waals surface area contributed by atoms with E-state index in [1.165, 1.54) is 5.56 Å². The molecule has 2 aromatic rings. The van der Waals surface area contributed by atoms with Crippen LogP contribution >= 0.6 is 0 Å². The van der Waals surface area contributed by atoms with E-state index in [1.807, 2.05) is 45.0 Å². The van der Waals surface area contributed by atoms with Gasteiger partial charge in [0.2, 0.25) is 5.88 Å². The normalized spacial score (nSPS) is 11.1. The second-order valence-corrected chi connectivity index (χ2v) is 6.23. The van der Waals surface area contributed by atoms with E-state index in [4.69, 9.17) is 14.2 Å². The third-order valence-corrected chi connectivity index (χ3v) is 4.08. The Kier molecular flexibility index (Phi) is 9.62. The molecule has 7 nitrogen and oxygen atoms in total. The number of aromatic nitrogens is 1. The molecule has 2 rings (SSSR count). The van der Waals surface area contributed by atoms with Gasteiger partial charge in [0, 0.05) is 25.4 Å². The van der Waals surface area contributed by atoms with Gasteiger partial charge in [-0.1, -0.05) is 12.1 Å². The largest absolute Gasteiger partial charge is 0.490 e. The van der Waals surface area contributed by atoms with E-state index in [0.717, 1.165) is 42.5 Å². The molecule has 0 amide bonds. The van der Waals surface area contributed by atoms with Crippen molar-refractivity contribution in [2.45, 2.75) is 33.7 Å². The van der Waals surface area contributed by atoms with E-state index in [-0.39, 0.29) is 0 Å². The summed E-state index contributed by atoms with van der Waals surface area (Å²) in [7, 11) is 1.61. The van der Waals surface area contributed by atoms with Crippen molar-refractivity contribution in [1.82, 2.24) is 15.6 Å². The van der Waals surface area contributed by atoms with Crippen LogP contribution in [0.25, 0.3) is 0 Å². The quantitative estimate of drug-likeness (QED) is 0.446. The highest BCUT2D eigenvalue weighted by atomic mass is 16.5. The summed E-state index contributed by atoms with van der Waals surface area (Å²) < 4.78 is 16.4. The predicted octanol–water partition coefficient (Wildman–Crippen LogP) is 3.19. The average Bonchev–Trinajstić information content (AvgIpc) is 2.74. The van der Waals surface area contributed by atoms with Crippen LogP contribution in [-0.4, -0.2) is 44.4 Å². The van der Waals surface area contributed by atoms with E-state index >= 15 is 0 Å². The molecule has 158 valence electrons. The van der Waals surface area contributed by atoms with Gasteiger partial charge in [-0.3, -0.25) is 0 Å². The number of aliphatic imine (C=N–C) groups is 1. The van der Waals surface area contributed by atoms with Crippen LogP contribution in [0.5, 0.6) is 17.4 Å². The van der Waals surface area contributed by atoms with Gasteiger partial charge in [-0.15, -0.1) is 0 Å². The highest BCUT2D eigenvalue weighted by molar-refractivity contribution is 5.79. The molecule has 7 heteroatoms. The van der Waals surface area contributed by atoms with E-state index in [2.05, 4.69) is 26.7 Å². The standard InChI is InChI=1S/C22H32N4O3/c1-5-23-22(26-16-18-9-11-21(27-4)25-15-18)24-13-12-17-8-10-19(28-6-2)20(14-17)29-7-3/h8-11,14-15H,5-7,12-13,16H2,1-4H3,(H2,23,24,26). The Morgan fingerprint density at radius 3 is 2.38 bits per heavy atom. The van der Waals surface area contributed by atoms with Crippen molar-refractivity contribution in [2.75, 3.05) is 33.4 Å². The first-order valence-corrected chi connectivity index (χ1v) is 10.1. The molecule has 0 bridgehead atoms. The minimum atomic E-state index is 0.546. The predicted molar refractivity (Wildman–Crippen MR) is 116 cm³/mol. The molecule has 29 heavy (non-hydrogen) atoms. The Morgan fingerprint density at radius 1 is 0.966 bits per heavy atom. The number of methoxy groups -OCH3 is 1. The highest BCUT2D eigenvalue weighted by Crippen LogP contribution is 2.28. The second-order valence-electron chi connectivity index (χ2n) is 6.23. The fourth-order valence-electron chi connectivity index (χ4n) is 2.71. The van der Waals surface area contributed by atoms with Crippen LogP contribution in [0, 0.1) is 0 Å². The van der Waals surface area contributed by atoms with Crippen molar-refractivity contribution in [2.24, 2.45) is 4.99 Å². The lowest BCUT2D eigenvalue weighted by atomic mass is 10.1. The zero-order valence-corrected chi connectivity index (χ0v) is 17.8. The van der Waals surface area contributed by atoms with Crippen molar-refractivity contribution in [1.29, 1.82) is 0 Å².